The minimum absolute atomic E-state index is 0. The van der Waals surface area contributed by atoms with Crippen molar-refractivity contribution in [2.45, 2.75) is 19.6 Å². The molecular formula is C14H23IN6O2. The van der Waals surface area contributed by atoms with E-state index in [-0.39, 0.29) is 30.5 Å². The number of aliphatic imine (C=N–C) groups is 1. The van der Waals surface area contributed by atoms with Crippen molar-refractivity contribution in [2.24, 2.45) is 12.0 Å². The smallest absolute Gasteiger partial charge is 0.194 e. The van der Waals surface area contributed by atoms with Crippen molar-refractivity contribution in [1.29, 1.82) is 0 Å². The van der Waals surface area contributed by atoms with Crippen LogP contribution in [0, 0.1) is 0 Å². The van der Waals surface area contributed by atoms with Crippen LogP contribution in [-0.4, -0.2) is 50.9 Å². The van der Waals surface area contributed by atoms with Crippen molar-refractivity contribution < 1.29 is 9.52 Å². The molecule has 1 unspecified atom stereocenters. The number of nitrogens with one attached hydrogen (secondary N) is 1. The average molecular weight is 434 g/mol. The zero-order valence-electron chi connectivity index (χ0n) is 13.5. The van der Waals surface area contributed by atoms with Gasteiger partial charge in [-0.1, -0.05) is 0 Å². The molecule has 2 aromatic rings. The van der Waals surface area contributed by atoms with Crippen LogP contribution in [0.1, 0.15) is 24.6 Å². The predicted octanol–water partition coefficient (Wildman–Crippen LogP) is 1.16. The van der Waals surface area contributed by atoms with Crippen LogP contribution in [0.3, 0.4) is 0 Å². The molecular weight excluding hydrogens is 411 g/mol. The number of aromatic nitrogens is 3. The van der Waals surface area contributed by atoms with E-state index in [0.29, 0.717) is 18.3 Å². The number of hydrogen-bond acceptors (Lipinski definition) is 5. The van der Waals surface area contributed by atoms with Crippen LogP contribution in [0.2, 0.25) is 0 Å². The Balaban J connectivity index is 0.00000264. The van der Waals surface area contributed by atoms with Gasteiger partial charge in [-0.15, -0.1) is 24.0 Å². The summed E-state index contributed by atoms with van der Waals surface area (Å²) < 4.78 is 6.89. The molecule has 0 radical (unpaired) electrons. The van der Waals surface area contributed by atoms with Gasteiger partial charge in [0.1, 0.15) is 24.0 Å². The molecule has 0 fully saturated rings. The quantitative estimate of drug-likeness (QED) is 0.403. The van der Waals surface area contributed by atoms with Crippen LogP contribution in [0.15, 0.2) is 34.1 Å². The van der Waals surface area contributed by atoms with Gasteiger partial charge in [-0.2, -0.15) is 5.10 Å². The third kappa shape index (κ3) is 5.50. The number of rotatable bonds is 6. The first-order valence-corrected chi connectivity index (χ1v) is 7.15. The topological polar surface area (TPSA) is 91.7 Å². The van der Waals surface area contributed by atoms with Gasteiger partial charge in [-0.05, 0) is 19.1 Å². The van der Waals surface area contributed by atoms with Gasteiger partial charge >= 0.3 is 0 Å². The Labute approximate surface area is 152 Å². The van der Waals surface area contributed by atoms with Gasteiger partial charge < -0.3 is 19.7 Å². The average Bonchev–Trinajstić information content (AvgIpc) is 3.15. The van der Waals surface area contributed by atoms with Crippen LogP contribution in [0.25, 0.3) is 0 Å². The Morgan fingerprint density at radius 3 is 2.91 bits per heavy atom. The summed E-state index contributed by atoms with van der Waals surface area (Å²) in [7, 11) is 3.76. The maximum absolute atomic E-state index is 10.0. The van der Waals surface area contributed by atoms with E-state index < -0.39 is 6.10 Å². The maximum Gasteiger partial charge on any atom is 0.194 e. The molecule has 0 aliphatic carbocycles. The van der Waals surface area contributed by atoms with Crippen LogP contribution < -0.4 is 5.32 Å². The summed E-state index contributed by atoms with van der Waals surface area (Å²) in [5.41, 5.74) is 0. The lowest BCUT2D eigenvalue weighted by Crippen LogP contribution is -2.39. The van der Waals surface area contributed by atoms with Crippen LogP contribution in [-0.2, 0) is 13.6 Å². The number of aliphatic hydroxyl groups is 1. The Hall–Kier alpha value is -1.62. The van der Waals surface area contributed by atoms with Gasteiger partial charge in [0.15, 0.2) is 5.96 Å². The Morgan fingerprint density at radius 2 is 2.35 bits per heavy atom. The van der Waals surface area contributed by atoms with Crippen molar-refractivity contribution in [3.8, 4) is 0 Å². The maximum atomic E-state index is 10.0. The molecule has 2 aromatic heterocycles. The fraction of sp³-hybridized carbons (Fsp3) is 0.500. The standard InChI is InChI=1S/C14H22N6O2.HI/c1-4-15-14(16-8-11(21)12-6-5-7-22-12)19(2)9-13-17-10-18-20(13)3;/h5-7,10-11,21H,4,8-9H2,1-3H3,(H,15,16);1H. The number of aliphatic hydroxyl groups excluding tert-OH is 1. The molecule has 8 nitrogen and oxygen atoms in total. The van der Waals surface area contributed by atoms with Gasteiger partial charge in [0, 0.05) is 20.6 Å². The molecule has 0 aromatic carbocycles. The van der Waals surface area contributed by atoms with E-state index in [0.717, 1.165) is 12.4 Å². The molecule has 9 heteroatoms. The normalized spacial score (nSPS) is 12.6. The SMILES string of the molecule is CCNC(=NCC(O)c1ccco1)N(C)Cc1ncnn1C.I. The van der Waals surface area contributed by atoms with E-state index in [9.17, 15) is 5.11 Å². The molecule has 0 aliphatic heterocycles. The lowest BCUT2D eigenvalue weighted by Gasteiger charge is -2.21. The zero-order chi connectivity index (χ0) is 15.9. The van der Waals surface area contributed by atoms with Gasteiger partial charge in [0.25, 0.3) is 0 Å². The number of halogens is 1. The van der Waals surface area contributed by atoms with Gasteiger partial charge in [-0.25, -0.2) is 9.98 Å². The van der Waals surface area contributed by atoms with Crippen molar-refractivity contribution in [3.05, 3.63) is 36.3 Å². The van der Waals surface area contributed by atoms with E-state index in [4.69, 9.17) is 4.42 Å². The first kappa shape index (κ1) is 19.4. The van der Waals surface area contributed by atoms with Gasteiger partial charge in [-0.3, -0.25) is 4.68 Å². The van der Waals surface area contributed by atoms with Crippen LogP contribution >= 0.6 is 24.0 Å². The summed E-state index contributed by atoms with van der Waals surface area (Å²) in [6, 6.07) is 3.48. The van der Waals surface area contributed by atoms with Crippen molar-refractivity contribution in [1.82, 2.24) is 25.0 Å². The summed E-state index contributed by atoms with van der Waals surface area (Å²) in [5, 5.41) is 17.3. The largest absolute Gasteiger partial charge is 0.467 e. The second kappa shape index (κ2) is 9.50. The second-order valence-corrected chi connectivity index (χ2v) is 4.88. The second-order valence-electron chi connectivity index (χ2n) is 4.88. The Kier molecular flexibility index (Phi) is 8.03. The number of nitrogens with zero attached hydrogens (tertiary/aromatic N) is 5. The molecule has 0 saturated heterocycles. The monoisotopic (exact) mass is 434 g/mol. The molecule has 2 heterocycles. The van der Waals surface area contributed by atoms with E-state index in [2.05, 4.69) is 20.4 Å². The van der Waals surface area contributed by atoms with Crippen LogP contribution in [0.4, 0.5) is 0 Å². The lowest BCUT2D eigenvalue weighted by atomic mass is 10.3. The van der Waals surface area contributed by atoms with E-state index in [1.165, 1.54) is 12.6 Å². The number of hydrogen-bond donors (Lipinski definition) is 2. The minimum atomic E-state index is -0.758. The summed E-state index contributed by atoms with van der Waals surface area (Å²) in [4.78, 5) is 10.6. The molecule has 0 bridgehead atoms. The summed E-state index contributed by atoms with van der Waals surface area (Å²) in [6.07, 6.45) is 2.30. The van der Waals surface area contributed by atoms with Crippen molar-refractivity contribution >= 4 is 29.9 Å². The molecule has 0 saturated carbocycles. The lowest BCUT2D eigenvalue weighted by molar-refractivity contribution is 0.158. The first-order chi connectivity index (χ1) is 10.6. The fourth-order valence-electron chi connectivity index (χ4n) is 1.96. The highest BCUT2D eigenvalue weighted by Gasteiger charge is 2.13. The molecule has 23 heavy (non-hydrogen) atoms. The Morgan fingerprint density at radius 1 is 1.57 bits per heavy atom. The summed E-state index contributed by atoms with van der Waals surface area (Å²) in [5.74, 6) is 2.03. The molecule has 1 atom stereocenters. The third-order valence-corrected chi connectivity index (χ3v) is 3.17. The minimum Gasteiger partial charge on any atom is -0.467 e. The first-order valence-electron chi connectivity index (χ1n) is 7.15. The fourth-order valence-corrected chi connectivity index (χ4v) is 1.96. The predicted molar refractivity (Wildman–Crippen MR) is 97.5 cm³/mol. The van der Waals surface area contributed by atoms with Crippen LogP contribution in [0.5, 0.6) is 0 Å². The third-order valence-electron chi connectivity index (χ3n) is 3.17. The molecule has 0 aliphatic rings. The van der Waals surface area contributed by atoms with E-state index in [1.807, 2.05) is 25.9 Å². The summed E-state index contributed by atoms with van der Waals surface area (Å²) in [6.45, 7) is 3.52. The molecule has 2 rings (SSSR count). The van der Waals surface area contributed by atoms with Crippen molar-refractivity contribution in [3.63, 3.8) is 0 Å². The number of guanidine groups is 1. The van der Waals surface area contributed by atoms with E-state index >= 15 is 0 Å². The Bertz CT molecular complexity index is 598. The molecule has 128 valence electrons. The zero-order valence-corrected chi connectivity index (χ0v) is 15.8. The molecule has 0 amide bonds. The summed E-state index contributed by atoms with van der Waals surface area (Å²) >= 11 is 0. The molecule has 2 N–H and O–H groups in total. The number of furan rings is 1. The highest BCUT2D eigenvalue weighted by atomic mass is 127. The highest BCUT2D eigenvalue weighted by Crippen LogP contribution is 2.13. The van der Waals surface area contributed by atoms with E-state index in [1.54, 1.807) is 16.8 Å². The van der Waals surface area contributed by atoms with Gasteiger partial charge in [0.2, 0.25) is 0 Å². The molecule has 0 spiro atoms. The number of aryl methyl sites for hydroxylation is 1. The van der Waals surface area contributed by atoms with Crippen molar-refractivity contribution in [2.75, 3.05) is 20.1 Å². The highest BCUT2D eigenvalue weighted by molar-refractivity contribution is 14.0. The van der Waals surface area contributed by atoms with Gasteiger partial charge in [0.05, 0.1) is 19.4 Å².